The van der Waals surface area contributed by atoms with Gasteiger partial charge in [0.2, 0.25) is 0 Å². The molecule has 0 bridgehead atoms. The van der Waals surface area contributed by atoms with Crippen LogP contribution in [0, 0.1) is 5.41 Å². The van der Waals surface area contributed by atoms with E-state index in [1.165, 1.54) is 19.1 Å². The van der Waals surface area contributed by atoms with E-state index in [0.717, 1.165) is 11.6 Å². The number of carbonyl (C=O) groups excluding carboxylic acids is 2. The summed E-state index contributed by atoms with van der Waals surface area (Å²) in [5, 5.41) is 0. The predicted octanol–water partition coefficient (Wildman–Crippen LogP) is 5.30. The third-order valence-electron chi connectivity index (χ3n) is 6.11. The maximum absolute atomic E-state index is 13.5. The van der Waals surface area contributed by atoms with Crippen LogP contribution in [-0.4, -0.2) is 36.3 Å². The number of hydrogen-bond donors (Lipinski definition) is 0. The number of ketones is 1. The summed E-state index contributed by atoms with van der Waals surface area (Å²) in [6, 6.07) is 12.9. The molecule has 0 aromatic heterocycles. The third kappa shape index (κ3) is 5.57. The molecule has 1 saturated heterocycles. The van der Waals surface area contributed by atoms with Gasteiger partial charge in [-0.15, -0.1) is 0 Å². The molecule has 1 fully saturated rings. The molecule has 0 N–H and O–H groups in total. The molecule has 0 amide bonds. The third-order valence-corrected chi connectivity index (χ3v) is 6.11. The van der Waals surface area contributed by atoms with Gasteiger partial charge in [0.25, 0.3) is 0 Å². The number of alkyl halides is 3. The number of piperidine rings is 1. The SMILES string of the molecule is CCOC(=O)C1(Cc2ccccc2C(F)(F)F)CCN(Cc2cccc(C(C)=O)c2)CC1. The zero-order valence-electron chi connectivity index (χ0n) is 18.4. The second-order valence-corrected chi connectivity index (χ2v) is 8.37. The summed E-state index contributed by atoms with van der Waals surface area (Å²) in [6.07, 6.45) is -3.67. The lowest BCUT2D eigenvalue weighted by Crippen LogP contribution is -2.46. The zero-order chi connectivity index (χ0) is 23.4. The smallest absolute Gasteiger partial charge is 0.416 e. The van der Waals surface area contributed by atoms with E-state index in [9.17, 15) is 22.8 Å². The molecule has 1 aliphatic heterocycles. The van der Waals surface area contributed by atoms with Crippen LogP contribution in [0.1, 0.15) is 53.7 Å². The average Bonchev–Trinajstić information content (AvgIpc) is 2.75. The highest BCUT2D eigenvalue weighted by Crippen LogP contribution is 2.40. The Morgan fingerprint density at radius 1 is 1.06 bits per heavy atom. The average molecular weight is 447 g/mol. The molecule has 0 unspecified atom stereocenters. The highest BCUT2D eigenvalue weighted by atomic mass is 19.4. The second kappa shape index (κ2) is 9.86. The first-order valence-electron chi connectivity index (χ1n) is 10.8. The molecular formula is C25H28F3NO3. The molecule has 0 radical (unpaired) electrons. The lowest BCUT2D eigenvalue weighted by atomic mass is 9.73. The van der Waals surface area contributed by atoms with E-state index in [0.29, 0.717) is 38.0 Å². The van der Waals surface area contributed by atoms with Crippen molar-refractivity contribution in [2.24, 2.45) is 5.41 Å². The molecule has 1 aliphatic rings. The summed E-state index contributed by atoms with van der Waals surface area (Å²) in [4.78, 5) is 26.7. The quantitative estimate of drug-likeness (QED) is 0.427. The van der Waals surface area contributed by atoms with Gasteiger partial charge in [-0.25, -0.2) is 0 Å². The van der Waals surface area contributed by atoms with E-state index in [4.69, 9.17) is 4.74 Å². The topological polar surface area (TPSA) is 46.6 Å². The number of rotatable bonds is 7. The first-order valence-corrected chi connectivity index (χ1v) is 10.8. The predicted molar refractivity (Wildman–Crippen MR) is 115 cm³/mol. The van der Waals surface area contributed by atoms with Gasteiger partial charge >= 0.3 is 12.1 Å². The van der Waals surface area contributed by atoms with Crippen molar-refractivity contribution in [3.8, 4) is 0 Å². The van der Waals surface area contributed by atoms with Crippen LogP contribution < -0.4 is 0 Å². The van der Waals surface area contributed by atoms with Crippen LogP contribution in [0.5, 0.6) is 0 Å². The summed E-state index contributed by atoms with van der Waals surface area (Å²) in [5.41, 5.74) is 0.0606. The summed E-state index contributed by atoms with van der Waals surface area (Å²) >= 11 is 0. The number of ether oxygens (including phenoxy) is 1. The van der Waals surface area contributed by atoms with Gasteiger partial charge in [-0.3, -0.25) is 14.5 Å². The fraction of sp³-hybridized carbons (Fsp3) is 0.440. The van der Waals surface area contributed by atoms with Crippen molar-refractivity contribution >= 4 is 11.8 Å². The number of likely N-dealkylation sites (tertiary alicyclic amines) is 1. The molecule has 0 atom stereocenters. The number of Topliss-reactive ketones (excluding diaryl/α,β-unsaturated/α-hetero) is 1. The molecule has 2 aromatic rings. The van der Waals surface area contributed by atoms with Crippen LogP contribution in [0.4, 0.5) is 13.2 Å². The lowest BCUT2D eigenvalue weighted by Gasteiger charge is -2.40. The van der Waals surface area contributed by atoms with Crippen molar-refractivity contribution in [1.29, 1.82) is 0 Å². The Labute approximate surface area is 186 Å². The first-order chi connectivity index (χ1) is 15.1. The molecule has 0 spiro atoms. The van der Waals surface area contributed by atoms with Crippen molar-refractivity contribution in [2.75, 3.05) is 19.7 Å². The second-order valence-electron chi connectivity index (χ2n) is 8.37. The van der Waals surface area contributed by atoms with Crippen LogP contribution in [0.3, 0.4) is 0 Å². The number of benzene rings is 2. The van der Waals surface area contributed by atoms with Crippen molar-refractivity contribution in [2.45, 2.75) is 45.8 Å². The minimum atomic E-state index is -4.48. The Morgan fingerprint density at radius 3 is 2.38 bits per heavy atom. The Kier molecular flexibility index (Phi) is 7.39. The highest BCUT2D eigenvalue weighted by molar-refractivity contribution is 5.94. The summed E-state index contributed by atoms with van der Waals surface area (Å²) in [7, 11) is 0. The van der Waals surface area contributed by atoms with Crippen LogP contribution in [0.2, 0.25) is 0 Å². The van der Waals surface area contributed by atoms with E-state index in [1.54, 1.807) is 19.1 Å². The largest absolute Gasteiger partial charge is 0.466 e. The van der Waals surface area contributed by atoms with Crippen molar-refractivity contribution < 1.29 is 27.5 Å². The number of carbonyl (C=O) groups is 2. The van der Waals surface area contributed by atoms with Gasteiger partial charge in [-0.1, -0.05) is 36.4 Å². The standard InChI is InChI=1S/C25H28F3NO3/c1-3-32-23(31)24(16-21-8-4-5-10-22(21)25(26,27)28)11-13-29(14-12-24)17-19-7-6-9-20(15-19)18(2)30/h4-10,15H,3,11-14,16-17H2,1-2H3. The van der Waals surface area contributed by atoms with Gasteiger partial charge in [0.1, 0.15) is 0 Å². The molecule has 7 heteroatoms. The Hall–Kier alpha value is -2.67. The van der Waals surface area contributed by atoms with Gasteiger partial charge in [-0.2, -0.15) is 13.2 Å². The monoisotopic (exact) mass is 447 g/mol. The Morgan fingerprint density at radius 2 is 1.75 bits per heavy atom. The number of esters is 1. The zero-order valence-corrected chi connectivity index (χ0v) is 18.4. The fourth-order valence-electron chi connectivity index (χ4n) is 4.34. The van der Waals surface area contributed by atoms with Crippen molar-refractivity contribution in [1.82, 2.24) is 4.90 Å². The minimum absolute atomic E-state index is 0.00449. The van der Waals surface area contributed by atoms with Crippen LogP contribution in [0.25, 0.3) is 0 Å². The molecule has 1 heterocycles. The Balaban J connectivity index is 1.78. The normalized spacial score (nSPS) is 16.5. The summed E-state index contributed by atoms with van der Waals surface area (Å²) in [5.74, 6) is -0.439. The molecule has 2 aromatic carbocycles. The lowest BCUT2D eigenvalue weighted by molar-refractivity contribution is -0.159. The van der Waals surface area contributed by atoms with E-state index < -0.39 is 23.1 Å². The van der Waals surface area contributed by atoms with Gasteiger partial charge in [-0.05, 0) is 69.5 Å². The van der Waals surface area contributed by atoms with Gasteiger partial charge < -0.3 is 4.74 Å². The van der Waals surface area contributed by atoms with E-state index >= 15 is 0 Å². The van der Waals surface area contributed by atoms with Crippen LogP contribution >= 0.6 is 0 Å². The fourth-order valence-corrected chi connectivity index (χ4v) is 4.34. The minimum Gasteiger partial charge on any atom is -0.466 e. The molecule has 0 saturated carbocycles. The summed E-state index contributed by atoms with van der Waals surface area (Å²) in [6.45, 7) is 5.12. The van der Waals surface area contributed by atoms with E-state index in [-0.39, 0.29) is 24.4 Å². The molecule has 3 rings (SSSR count). The maximum Gasteiger partial charge on any atom is 0.416 e. The van der Waals surface area contributed by atoms with Crippen LogP contribution in [-0.2, 0) is 28.7 Å². The number of hydrogen-bond acceptors (Lipinski definition) is 4. The molecular weight excluding hydrogens is 419 g/mol. The van der Waals surface area contributed by atoms with Gasteiger partial charge in [0.15, 0.2) is 5.78 Å². The summed E-state index contributed by atoms with van der Waals surface area (Å²) < 4.78 is 45.9. The van der Waals surface area contributed by atoms with E-state index in [1.807, 2.05) is 18.2 Å². The van der Waals surface area contributed by atoms with Crippen molar-refractivity contribution in [3.63, 3.8) is 0 Å². The highest BCUT2D eigenvalue weighted by Gasteiger charge is 2.44. The van der Waals surface area contributed by atoms with Gasteiger partial charge in [0.05, 0.1) is 17.6 Å². The van der Waals surface area contributed by atoms with E-state index in [2.05, 4.69) is 4.90 Å². The molecule has 0 aliphatic carbocycles. The Bertz CT molecular complexity index is 963. The van der Waals surface area contributed by atoms with Crippen LogP contribution in [0.15, 0.2) is 48.5 Å². The first kappa shape index (κ1) is 24.0. The van der Waals surface area contributed by atoms with Crippen molar-refractivity contribution in [3.05, 3.63) is 70.8 Å². The number of halogens is 3. The van der Waals surface area contributed by atoms with Gasteiger partial charge in [0, 0.05) is 12.1 Å². The molecule has 172 valence electrons. The molecule has 32 heavy (non-hydrogen) atoms. The number of nitrogens with zero attached hydrogens (tertiary/aromatic N) is 1. The maximum atomic E-state index is 13.5. The molecule has 4 nitrogen and oxygen atoms in total.